The number of nitrogen functional groups attached to an aromatic ring is 1. The Bertz CT molecular complexity index is 449. The van der Waals surface area contributed by atoms with Gasteiger partial charge in [-0.05, 0) is 31.4 Å². The van der Waals surface area contributed by atoms with Crippen LogP contribution in [0.1, 0.15) is 29.8 Å². The second-order valence-corrected chi connectivity index (χ2v) is 4.64. The van der Waals surface area contributed by atoms with Gasteiger partial charge in [0.05, 0.1) is 18.2 Å². The van der Waals surface area contributed by atoms with Crippen molar-refractivity contribution >= 4 is 11.7 Å². The van der Waals surface area contributed by atoms with E-state index in [2.05, 4.69) is 20.9 Å². The fourth-order valence-corrected chi connectivity index (χ4v) is 2.56. The second-order valence-electron chi connectivity index (χ2n) is 4.64. The molecule has 2 bridgehead atoms. The molecule has 0 radical (unpaired) electrons. The molecule has 96 valence electrons. The predicted octanol–water partition coefficient (Wildman–Crippen LogP) is -0.188. The van der Waals surface area contributed by atoms with Gasteiger partial charge in [-0.25, -0.2) is 5.84 Å². The summed E-state index contributed by atoms with van der Waals surface area (Å²) in [6, 6.07) is 3.30. The van der Waals surface area contributed by atoms with Crippen molar-refractivity contribution in [2.75, 3.05) is 5.43 Å². The second kappa shape index (κ2) is 4.51. The van der Waals surface area contributed by atoms with Crippen molar-refractivity contribution in [2.24, 2.45) is 5.84 Å². The summed E-state index contributed by atoms with van der Waals surface area (Å²) in [5, 5.41) is 10.5. The number of aromatic nitrogens is 2. The minimum Gasteiger partial charge on any atom is -0.373 e. The molecule has 18 heavy (non-hydrogen) atoms. The number of hydrogen-bond donors (Lipinski definition) is 3. The largest absolute Gasteiger partial charge is 0.373 e. The molecule has 0 saturated carbocycles. The van der Waals surface area contributed by atoms with Gasteiger partial charge in [0.25, 0.3) is 5.91 Å². The summed E-state index contributed by atoms with van der Waals surface area (Å²) in [5.41, 5.74) is 2.65. The van der Waals surface area contributed by atoms with E-state index in [1.165, 1.54) is 0 Å². The number of nitrogens with zero attached hydrogens (tertiary/aromatic N) is 2. The molecule has 4 N–H and O–H groups in total. The summed E-state index contributed by atoms with van der Waals surface area (Å²) in [6.07, 6.45) is 3.50. The highest BCUT2D eigenvalue weighted by atomic mass is 16.5. The summed E-state index contributed by atoms with van der Waals surface area (Å²) in [4.78, 5) is 12.0. The standard InChI is InChI=1S/C11H15N5O2/c12-14-10-4-2-7(15-16-10)11(17)13-8-5-6-1-3-9(8)18-6/h2,4,6,8-9H,1,3,5,12H2,(H,13,17)(H,14,16). The predicted molar refractivity (Wildman–Crippen MR) is 63.6 cm³/mol. The van der Waals surface area contributed by atoms with E-state index in [4.69, 9.17) is 10.6 Å². The Labute approximate surface area is 104 Å². The van der Waals surface area contributed by atoms with Crippen LogP contribution >= 0.6 is 0 Å². The number of carbonyl (C=O) groups is 1. The number of nitrogens with one attached hydrogen (secondary N) is 2. The first-order valence-electron chi connectivity index (χ1n) is 6.03. The van der Waals surface area contributed by atoms with Crippen LogP contribution in [0.4, 0.5) is 5.82 Å². The molecule has 3 unspecified atom stereocenters. The van der Waals surface area contributed by atoms with Crippen LogP contribution in [0.5, 0.6) is 0 Å². The van der Waals surface area contributed by atoms with Crippen LogP contribution in [0.25, 0.3) is 0 Å². The monoisotopic (exact) mass is 249 g/mol. The molecule has 3 atom stereocenters. The van der Waals surface area contributed by atoms with Gasteiger partial charge in [-0.15, -0.1) is 10.2 Å². The molecule has 7 nitrogen and oxygen atoms in total. The van der Waals surface area contributed by atoms with Crippen LogP contribution in [0.15, 0.2) is 12.1 Å². The molecule has 1 aromatic heterocycles. The Morgan fingerprint density at radius 2 is 2.28 bits per heavy atom. The van der Waals surface area contributed by atoms with E-state index in [1.807, 2.05) is 0 Å². The molecule has 2 fully saturated rings. The first-order chi connectivity index (χ1) is 8.76. The summed E-state index contributed by atoms with van der Waals surface area (Å²) >= 11 is 0. The summed E-state index contributed by atoms with van der Waals surface area (Å²) < 4.78 is 5.68. The van der Waals surface area contributed by atoms with Gasteiger partial charge < -0.3 is 15.5 Å². The average molecular weight is 249 g/mol. The van der Waals surface area contributed by atoms with Gasteiger partial charge in [0.2, 0.25) is 0 Å². The number of amides is 1. The van der Waals surface area contributed by atoms with Crippen LogP contribution in [-0.4, -0.2) is 34.4 Å². The van der Waals surface area contributed by atoms with Crippen LogP contribution in [0, 0.1) is 0 Å². The van der Waals surface area contributed by atoms with E-state index in [1.54, 1.807) is 12.1 Å². The number of rotatable bonds is 3. The lowest BCUT2D eigenvalue weighted by Crippen LogP contribution is -2.41. The van der Waals surface area contributed by atoms with E-state index in [0.717, 1.165) is 19.3 Å². The van der Waals surface area contributed by atoms with Gasteiger partial charge in [0, 0.05) is 0 Å². The summed E-state index contributed by atoms with van der Waals surface area (Å²) in [7, 11) is 0. The molecule has 1 amide bonds. The van der Waals surface area contributed by atoms with Crippen molar-refractivity contribution < 1.29 is 9.53 Å². The van der Waals surface area contributed by atoms with Crippen LogP contribution in [0.2, 0.25) is 0 Å². The third kappa shape index (κ3) is 2.02. The normalized spacial score (nSPS) is 29.3. The zero-order chi connectivity index (χ0) is 12.5. The molecule has 3 heterocycles. The number of ether oxygens (including phenoxy) is 1. The van der Waals surface area contributed by atoms with Gasteiger partial charge in [0.1, 0.15) is 0 Å². The van der Waals surface area contributed by atoms with Crippen molar-refractivity contribution in [3.05, 3.63) is 17.8 Å². The topological polar surface area (TPSA) is 102 Å². The molecule has 2 saturated heterocycles. The van der Waals surface area contributed by atoms with E-state index >= 15 is 0 Å². The van der Waals surface area contributed by atoms with Crippen molar-refractivity contribution in [3.8, 4) is 0 Å². The molecule has 3 rings (SSSR count). The first-order valence-corrected chi connectivity index (χ1v) is 6.03. The smallest absolute Gasteiger partial charge is 0.272 e. The lowest BCUT2D eigenvalue weighted by atomic mass is 9.95. The van der Waals surface area contributed by atoms with E-state index < -0.39 is 0 Å². The van der Waals surface area contributed by atoms with Crippen molar-refractivity contribution in [1.29, 1.82) is 0 Å². The van der Waals surface area contributed by atoms with E-state index in [9.17, 15) is 4.79 Å². The van der Waals surface area contributed by atoms with Gasteiger partial charge in [0.15, 0.2) is 11.5 Å². The first kappa shape index (κ1) is 11.4. The number of anilines is 1. The Hall–Kier alpha value is -1.73. The maximum atomic E-state index is 12.0. The average Bonchev–Trinajstić information content (AvgIpc) is 3.01. The molecule has 7 heteroatoms. The summed E-state index contributed by atoms with van der Waals surface area (Å²) in [6.45, 7) is 0. The highest BCUT2D eigenvalue weighted by molar-refractivity contribution is 5.92. The Kier molecular flexibility index (Phi) is 2.85. The number of fused-ring (bicyclic) bond motifs is 2. The van der Waals surface area contributed by atoms with Crippen LogP contribution in [0.3, 0.4) is 0 Å². The molecular formula is C11H15N5O2. The van der Waals surface area contributed by atoms with Crippen LogP contribution < -0.4 is 16.6 Å². The van der Waals surface area contributed by atoms with Gasteiger partial charge in [-0.3, -0.25) is 4.79 Å². The molecule has 1 aromatic rings. The lowest BCUT2D eigenvalue weighted by molar-refractivity contribution is 0.0836. The molecule has 2 aliphatic rings. The highest BCUT2D eigenvalue weighted by Gasteiger charge is 2.41. The maximum absolute atomic E-state index is 12.0. The van der Waals surface area contributed by atoms with Crippen molar-refractivity contribution in [3.63, 3.8) is 0 Å². The zero-order valence-corrected chi connectivity index (χ0v) is 9.80. The Morgan fingerprint density at radius 3 is 2.83 bits per heavy atom. The lowest BCUT2D eigenvalue weighted by Gasteiger charge is -2.19. The number of hydrogen-bond acceptors (Lipinski definition) is 6. The highest BCUT2D eigenvalue weighted by Crippen LogP contribution is 2.34. The van der Waals surface area contributed by atoms with Gasteiger partial charge in [-0.1, -0.05) is 0 Å². The fraction of sp³-hybridized carbons (Fsp3) is 0.545. The van der Waals surface area contributed by atoms with Gasteiger partial charge in [-0.2, -0.15) is 0 Å². The Balaban J connectivity index is 1.64. The molecule has 0 aliphatic carbocycles. The Morgan fingerprint density at radius 1 is 1.39 bits per heavy atom. The van der Waals surface area contributed by atoms with E-state index in [-0.39, 0.29) is 23.7 Å². The third-order valence-electron chi connectivity index (χ3n) is 3.47. The molecule has 0 aromatic carbocycles. The minimum atomic E-state index is -0.216. The number of carbonyl (C=O) groups excluding carboxylic acids is 1. The minimum absolute atomic E-state index is 0.102. The quantitative estimate of drug-likeness (QED) is 0.507. The number of hydrazine groups is 1. The molecular weight excluding hydrogens is 234 g/mol. The summed E-state index contributed by atoms with van der Waals surface area (Å²) in [5.74, 6) is 5.39. The number of nitrogens with two attached hydrogens (primary N) is 1. The fourth-order valence-electron chi connectivity index (χ4n) is 2.56. The molecule has 2 aliphatic heterocycles. The van der Waals surface area contributed by atoms with Crippen LogP contribution in [-0.2, 0) is 4.74 Å². The van der Waals surface area contributed by atoms with Crippen molar-refractivity contribution in [2.45, 2.75) is 37.5 Å². The van der Waals surface area contributed by atoms with Crippen molar-refractivity contribution in [1.82, 2.24) is 15.5 Å². The molecule has 0 spiro atoms. The van der Waals surface area contributed by atoms with E-state index in [0.29, 0.717) is 11.9 Å². The third-order valence-corrected chi connectivity index (χ3v) is 3.47. The van der Waals surface area contributed by atoms with Gasteiger partial charge >= 0.3 is 0 Å². The maximum Gasteiger partial charge on any atom is 0.272 e. The zero-order valence-electron chi connectivity index (χ0n) is 9.80. The SMILES string of the molecule is NNc1ccc(C(=O)NC2CC3CCC2O3)nn1.